The Kier molecular flexibility index (Phi) is 7.00. The number of carbonyl (C=O) groups is 1. The van der Waals surface area contributed by atoms with E-state index in [1.165, 1.54) is 0 Å². The first-order valence-electron chi connectivity index (χ1n) is 7.10. The zero-order chi connectivity index (χ0) is 14.3. The second kappa shape index (κ2) is 8.26. The Bertz CT molecular complexity index is 401. The minimum absolute atomic E-state index is 0.166. The Morgan fingerprint density at radius 2 is 1.84 bits per heavy atom. The molecule has 106 valence electrons. The highest BCUT2D eigenvalue weighted by Gasteiger charge is 2.19. The third kappa shape index (κ3) is 4.27. The van der Waals surface area contributed by atoms with Crippen molar-refractivity contribution in [2.75, 3.05) is 19.3 Å². The molecule has 0 fully saturated rings. The van der Waals surface area contributed by atoms with E-state index >= 15 is 0 Å². The second-order valence-corrected chi connectivity index (χ2v) is 5.57. The van der Waals surface area contributed by atoms with Crippen LogP contribution in [0.1, 0.15) is 44.0 Å². The SMILES string of the molecule is CCC(CC)CN(CC)C(=O)c1ccccc1SC. The van der Waals surface area contributed by atoms with E-state index in [1.807, 2.05) is 35.4 Å². The van der Waals surface area contributed by atoms with E-state index in [2.05, 4.69) is 20.8 Å². The van der Waals surface area contributed by atoms with Gasteiger partial charge in [-0.25, -0.2) is 0 Å². The van der Waals surface area contributed by atoms with Crippen LogP contribution >= 0.6 is 11.8 Å². The third-order valence-corrected chi connectivity index (χ3v) is 4.44. The molecule has 0 aliphatic carbocycles. The summed E-state index contributed by atoms with van der Waals surface area (Å²) in [6.07, 6.45) is 4.28. The summed E-state index contributed by atoms with van der Waals surface area (Å²) in [5, 5.41) is 0. The molecule has 1 rings (SSSR count). The summed E-state index contributed by atoms with van der Waals surface area (Å²) in [6, 6.07) is 7.88. The summed E-state index contributed by atoms with van der Waals surface area (Å²) in [4.78, 5) is 15.7. The Balaban J connectivity index is 2.89. The van der Waals surface area contributed by atoms with Crippen molar-refractivity contribution < 1.29 is 4.79 Å². The van der Waals surface area contributed by atoms with E-state index in [0.29, 0.717) is 5.92 Å². The average Bonchev–Trinajstić information content (AvgIpc) is 2.48. The number of rotatable bonds is 7. The van der Waals surface area contributed by atoms with Crippen LogP contribution in [0.15, 0.2) is 29.2 Å². The summed E-state index contributed by atoms with van der Waals surface area (Å²) in [6.45, 7) is 8.09. The molecule has 0 radical (unpaired) electrons. The van der Waals surface area contributed by atoms with Gasteiger partial charge in [-0.1, -0.05) is 38.8 Å². The van der Waals surface area contributed by atoms with Crippen molar-refractivity contribution in [3.63, 3.8) is 0 Å². The van der Waals surface area contributed by atoms with E-state index in [1.54, 1.807) is 11.8 Å². The Labute approximate surface area is 121 Å². The van der Waals surface area contributed by atoms with Gasteiger partial charge in [-0.05, 0) is 31.2 Å². The molecule has 0 aliphatic rings. The molecule has 1 aromatic carbocycles. The van der Waals surface area contributed by atoms with Crippen LogP contribution in [-0.4, -0.2) is 30.2 Å². The second-order valence-electron chi connectivity index (χ2n) is 4.73. The number of benzene rings is 1. The van der Waals surface area contributed by atoms with Crippen LogP contribution in [0.3, 0.4) is 0 Å². The van der Waals surface area contributed by atoms with Gasteiger partial charge in [-0.3, -0.25) is 4.79 Å². The van der Waals surface area contributed by atoms with Gasteiger partial charge in [0.15, 0.2) is 0 Å². The summed E-state index contributed by atoms with van der Waals surface area (Å²) in [5.41, 5.74) is 0.836. The zero-order valence-electron chi connectivity index (χ0n) is 12.5. The molecule has 19 heavy (non-hydrogen) atoms. The molecular weight excluding hydrogens is 254 g/mol. The molecule has 0 N–H and O–H groups in total. The highest BCUT2D eigenvalue weighted by Crippen LogP contribution is 2.22. The van der Waals surface area contributed by atoms with Gasteiger partial charge in [0.25, 0.3) is 5.91 Å². The Morgan fingerprint density at radius 3 is 2.37 bits per heavy atom. The van der Waals surface area contributed by atoms with E-state index in [4.69, 9.17) is 0 Å². The van der Waals surface area contributed by atoms with Crippen molar-refractivity contribution >= 4 is 17.7 Å². The summed E-state index contributed by atoms with van der Waals surface area (Å²) in [7, 11) is 0. The highest BCUT2D eigenvalue weighted by molar-refractivity contribution is 7.98. The normalized spacial score (nSPS) is 10.8. The maximum absolute atomic E-state index is 12.6. The number of carbonyl (C=O) groups excluding carboxylic acids is 1. The predicted octanol–water partition coefficient (Wildman–Crippen LogP) is 4.31. The number of amides is 1. The molecule has 0 spiro atoms. The molecule has 1 aromatic rings. The van der Waals surface area contributed by atoms with Gasteiger partial charge in [-0.15, -0.1) is 11.8 Å². The zero-order valence-corrected chi connectivity index (χ0v) is 13.3. The van der Waals surface area contributed by atoms with Crippen LogP contribution in [0.2, 0.25) is 0 Å². The van der Waals surface area contributed by atoms with Gasteiger partial charge >= 0.3 is 0 Å². The lowest BCUT2D eigenvalue weighted by Crippen LogP contribution is -2.35. The smallest absolute Gasteiger partial charge is 0.254 e. The monoisotopic (exact) mass is 279 g/mol. The molecular formula is C16H25NOS. The highest BCUT2D eigenvalue weighted by atomic mass is 32.2. The lowest BCUT2D eigenvalue weighted by molar-refractivity contribution is 0.0731. The van der Waals surface area contributed by atoms with Gasteiger partial charge in [0.1, 0.15) is 0 Å². The minimum Gasteiger partial charge on any atom is -0.339 e. The molecule has 0 aliphatic heterocycles. The summed E-state index contributed by atoms with van der Waals surface area (Å²) < 4.78 is 0. The van der Waals surface area contributed by atoms with Crippen LogP contribution in [0.5, 0.6) is 0 Å². The van der Waals surface area contributed by atoms with Crippen molar-refractivity contribution in [3.8, 4) is 0 Å². The number of hydrogen-bond donors (Lipinski definition) is 0. The Hall–Kier alpha value is -0.960. The van der Waals surface area contributed by atoms with Gasteiger partial charge in [0.2, 0.25) is 0 Å². The standard InChI is InChI=1S/C16H25NOS/c1-5-13(6-2)12-17(7-3)16(18)14-10-8-9-11-15(14)19-4/h8-11,13H,5-7,12H2,1-4H3. The van der Waals surface area contributed by atoms with E-state index in [-0.39, 0.29) is 5.91 Å². The lowest BCUT2D eigenvalue weighted by Gasteiger charge is -2.26. The fourth-order valence-corrected chi connectivity index (χ4v) is 2.80. The van der Waals surface area contributed by atoms with E-state index in [0.717, 1.165) is 36.4 Å². The fraction of sp³-hybridized carbons (Fsp3) is 0.562. The van der Waals surface area contributed by atoms with Crippen molar-refractivity contribution in [3.05, 3.63) is 29.8 Å². The lowest BCUT2D eigenvalue weighted by atomic mass is 10.0. The fourth-order valence-electron chi connectivity index (χ4n) is 2.21. The molecule has 0 atom stereocenters. The molecule has 0 heterocycles. The maximum atomic E-state index is 12.6. The van der Waals surface area contributed by atoms with Crippen molar-refractivity contribution in [1.29, 1.82) is 0 Å². The predicted molar refractivity (Wildman–Crippen MR) is 83.9 cm³/mol. The molecule has 2 nitrogen and oxygen atoms in total. The summed E-state index contributed by atoms with van der Waals surface area (Å²) >= 11 is 1.63. The number of nitrogens with zero attached hydrogens (tertiary/aromatic N) is 1. The molecule has 0 saturated heterocycles. The number of thioether (sulfide) groups is 1. The van der Waals surface area contributed by atoms with E-state index < -0.39 is 0 Å². The first kappa shape index (κ1) is 16.1. The van der Waals surface area contributed by atoms with Crippen molar-refractivity contribution in [2.45, 2.75) is 38.5 Å². The van der Waals surface area contributed by atoms with E-state index in [9.17, 15) is 4.79 Å². The number of hydrogen-bond acceptors (Lipinski definition) is 2. The van der Waals surface area contributed by atoms with Gasteiger partial charge in [0.05, 0.1) is 5.56 Å². The maximum Gasteiger partial charge on any atom is 0.254 e. The van der Waals surface area contributed by atoms with Crippen LogP contribution in [0, 0.1) is 5.92 Å². The van der Waals surface area contributed by atoms with Crippen LogP contribution in [-0.2, 0) is 0 Å². The summed E-state index contributed by atoms with van der Waals surface area (Å²) in [5.74, 6) is 0.768. The van der Waals surface area contributed by atoms with Gasteiger partial charge in [-0.2, -0.15) is 0 Å². The van der Waals surface area contributed by atoms with Gasteiger partial charge < -0.3 is 4.90 Å². The average molecular weight is 279 g/mol. The first-order chi connectivity index (χ1) is 9.17. The van der Waals surface area contributed by atoms with Crippen LogP contribution in [0.4, 0.5) is 0 Å². The minimum atomic E-state index is 0.166. The van der Waals surface area contributed by atoms with Gasteiger partial charge in [0, 0.05) is 18.0 Å². The third-order valence-electron chi connectivity index (χ3n) is 3.64. The molecule has 1 amide bonds. The molecule has 3 heteroatoms. The van der Waals surface area contributed by atoms with Crippen LogP contribution < -0.4 is 0 Å². The molecule has 0 saturated carbocycles. The largest absolute Gasteiger partial charge is 0.339 e. The molecule has 0 bridgehead atoms. The quantitative estimate of drug-likeness (QED) is 0.693. The molecule has 0 unspecified atom stereocenters. The first-order valence-corrected chi connectivity index (χ1v) is 8.32. The molecule has 0 aromatic heterocycles. The topological polar surface area (TPSA) is 20.3 Å². The Morgan fingerprint density at radius 1 is 1.21 bits per heavy atom. The van der Waals surface area contributed by atoms with Crippen molar-refractivity contribution in [1.82, 2.24) is 4.90 Å². The van der Waals surface area contributed by atoms with Crippen LogP contribution in [0.25, 0.3) is 0 Å². The van der Waals surface area contributed by atoms with Crippen molar-refractivity contribution in [2.24, 2.45) is 5.92 Å².